The lowest BCUT2D eigenvalue weighted by atomic mass is 9.78. The highest BCUT2D eigenvalue weighted by Gasteiger charge is 2.36. The van der Waals surface area contributed by atoms with Crippen LogP contribution in [0.1, 0.15) is 33.1 Å². The Kier molecular flexibility index (Phi) is 2.23. The van der Waals surface area contributed by atoms with E-state index < -0.39 is 6.18 Å². The molecule has 0 spiro atoms. The summed E-state index contributed by atoms with van der Waals surface area (Å²) in [6.45, 7) is 3.99. The van der Waals surface area contributed by atoms with Crippen molar-refractivity contribution in [2.75, 3.05) is 0 Å². The Bertz CT molecular complexity index is 198. The fourth-order valence-corrected chi connectivity index (χ4v) is 1.33. The van der Waals surface area contributed by atoms with Crippen LogP contribution in [0.3, 0.4) is 0 Å². The molecule has 0 radical (unpaired) electrons. The average Bonchev–Trinajstić information content (AvgIpc) is 1.83. The van der Waals surface area contributed by atoms with Crippen molar-refractivity contribution >= 4 is 0 Å². The van der Waals surface area contributed by atoms with Gasteiger partial charge in [-0.1, -0.05) is 19.9 Å². The van der Waals surface area contributed by atoms with Gasteiger partial charge in [0.1, 0.15) is 0 Å². The predicted octanol–water partition coefficient (Wildman–Crippen LogP) is 3.69. The first kappa shape index (κ1) is 9.62. The molecule has 0 nitrogen and oxygen atoms in total. The smallest absolute Gasteiger partial charge is 0.166 e. The second kappa shape index (κ2) is 2.79. The number of alkyl halides is 3. The summed E-state index contributed by atoms with van der Waals surface area (Å²) in [5.41, 5.74) is -0.295. The Balaban J connectivity index is 2.69. The van der Waals surface area contributed by atoms with E-state index in [9.17, 15) is 13.2 Å². The summed E-state index contributed by atoms with van der Waals surface area (Å²) in [6.07, 6.45) is -1.41. The molecule has 0 unspecified atom stereocenters. The van der Waals surface area contributed by atoms with Crippen LogP contribution in [0.2, 0.25) is 0 Å². The maximum absolute atomic E-state index is 12.1. The van der Waals surface area contributed by atoms with Gasteiger partial charge in [-0.3, -0.25) is 0 Å². The topological polar surface area (TPSA) is 0 Å². The molecule has 0 heterocycles. The fraction of sp³-hybridized carbons (Fsp3) is 0.778. The standard InChI is InChI=1S/C9H13F3/c1-8(2)5-3-7(4-6-8)9(10,11)12/h3H,4-6H2,1-2H3. The molecular weight excluding hydrogens is 165 g/mol. The molecule has 12 heavy (non-hydrogen) atoms. The first-order chi connectivity index (χ1) is 5.31. The van der Waals surface area contributed by atoms with Gasteiger partial charge in [-0.05, 0) is 24.7 Å². The Morgan fingerprint density at radius 1 is 1.33 bits per heavy atom. The van der Waals surface area contributed by atoms with Crippen molar-refractivity contribution in [2.45, 2.75) is 39.3 Å². The highest BCUT2D eigenvalue weighted by molar-refractivity contribution is 5.13. The molecule has 0 aromatic heterocycles. The summed E-state index contributed by atoms with van der Waals surface area (Å²) in [5, 5.41) is 0. The van der Waals surface area contributed by atoms with Crippen LogP contribution in [0.15, 0.2) is 11.6 Å². The van der Waals surface area contributed by atoms with Crippen molar-refractivity contribution in [1.29, 1.82) is 0 Å². The van der Waals surface area contributed by atoms with Crippen molar-refractivity contribution in [3.8, 4) is 0 Å². The summed E-state index contributed by atoms with van der Waals surface area (Å²) in [4.78, 5) is 0. The summed E-state index contributed by atoms with van der Waals surface area (Å²) >= 11 is 0. The van der Waals surface area contributed by atoms with Crippen molar-refractivity contribution in [2.24, 2.45) is 5.41 Å². The first-order valence-corrected chi connectivity index (χ1v) is 4.07. The van der Waals surface area contributed by atoms with Gasteiger partial charge in [-0.25, -0.2) is 0 Å². The van der Waals surface area contributed by atoms with E-state index in [2.05, 4.69) is 0 Å². The maximum atomic E-state index is 12.1. The van der Waals surface area contributed by atoms with Gasteiger partial charge in [0.15, 0.2) is 0 Å². The average molecular weight is 178 g/mol. The zero-order valence-electron chi connectivity index (χ0n) is 7.33. The Morgan fingerprint density at radius 2 is 1.92 bits per heavy atom. The highest BCUT2D eigenvalue weighted by atomic mass is 19.4. The minimum Gasteiger partial charge on any atom is -0.166 e. The molecular formula is C9H13F3. The van der Waals surface area contributed by atoms with Crippen molar-refractivity contribution in [3.05, 3.63) is 11.6 Å². The molecule has 0 saturated heterocycles. The van der Waals surface area contributed by atoms with E-state index in [1.807, 2.05) is 13.8 Å². The van der Waals surface area contributed by atoms with E-state index in [1.165, 1.54) is 6.08 Å². The van der Waals surface area contributed by atoms with Gasteiger partial charge in [0, 0.05) is 5.57 Å². The number of halogens is 3. The van der Waals surface area contributed by atoms with Gasteiger partial charge in [-0.2, -0.15) is 13.2 Å². The molecule has 0 bridgehead atoms. The molecule has 0 saturated carbocycles. The quantitative estimate of drug-likeness (QED) is 0.496. The number of allylic oxidation sites excluding steroid dienone is 2. The molecule has 0 amide bonds. The molecule has 0 atom stereocenters. The Morgan fingerprint density at radius 3 is 2.25 bits per heavy atom. The van der Waals surface area contributed by atoms with Crippen LogP contribution in [0.4, 0.5) is 13.2 Å². The van der Waals surface area contributed by atoms with Crippen LogP contribution in [0.25, 0.3) is 0 Å². The van der Waals surface area contributed by atoms with E-state index in [0.29, 0.717) is 12.8 Å². The fourth-order valence-electron chi connectivity index (χ4n) is 1.33. The third-order valence-corrected chi connectivity index (χ3v) is 2.34. The van der Waals surface area contributed by atoms with E-state index >= 15 is 0 Å². The zero-order valence-corrected chi connectivity index (χ0v) is 7.33. The Labute approximate surface area is 70.5 Å². The lowest BCUT2D eigenvalue weighted by molar-refractivity contribution is -0.0962. The van der Waals surface area contributed by atoms with Crippen LogP contribution in [-0.4, -0.2) is 6.18 Å². The second-order valence-corrected chi connectivity index (χ2v) is 4.10. The monoisotopic (exact) mass is 178 g/mol. The first-order valence-electron chi connectivity index (χ1n) is 4.07. The van der Waals surface area contributed by atoms with Crippen LogP contribution >= 0.6 is 0 Å². The van der Waals surface area contributed by atoms with Crippen LogP contribution < -0.4 is 0 Å². The Hall–Kier alpha value is -0.470. The van der Waals surface area contributed by atoms with Crippen LogP contribution in [0, 0.1) is 5.41 Å². The van der Waals surface area contributed by atoms with E-state index in [0.717, 1.165) is 0 Å². The molecule has 70 valence electrons. The second-order valence-electron chi connectivity index (χ2n) is 4.10. The number of hydrogen-bond donors (Lipinski definition) is 0. The summed E-state index contributed by atoms with van der Waals surface area (Å²) in [5.74, 6) is 0. The zero-order chi connectivity index (χ0) is 9.41. The van der Waals surface area contributed by atoms with Crippen molar-refractivity contribution in [1.82, 2.24) is 0 Å². The molecule has 1 aliphatic rings. The van der Waals surface area contributed by atoms with Gasteiger partial charge in [0.05, 0.1) is 0 Å². The number of hydrogen-bond acceptors (Lipinski definition) is 0. The SMILES string of the molecule is CC1(C)CC=C(C(F)(F)F)CC1. The summed E-state index contributed by atoms with van der Waals surface area (Å²) in [7, 11) is 0. The molecule has 0 aromatic rings. The lowest BCUT2D eigenvalue weighted by Crippen LogP contribution is -2.21. The van der Waals surface area contributed by atoms with Gasteiger partial charge >= 0.3 is 6.18 Å². The molecule has 1 aliphatic carbocycles. The molecule has 3 heteroatoms. The van der Waals surface area contributed by atoms with Gasteiger partial charge in [0.2, 0.25) is 0 Å². The predicted molar refractivity (Wildman–Crippen MR) is 41.8 cm³/mol. The number of rotatable bonds is 0. The van der Waals surface area contributed by atoms with Gasteiger partial charge in [-0.15, -0.1) is 0 Å². The maximum Gasteiger partial charge on any atom is 0.412 e. The van der Waals surface area contributed by atoms with Crippen molar-refractivity contribution < 1.29 is 13.2 Å². The third-order valence-electron chi connectivity index (χ3n) is 2.34. The van der Waals surface area contributed by atoms with Crippen LogP contribution in [-0.2, 0) is 0 Å². The minimum absolute atomic E-state index is 0.0503. The van der Waals surface area contributed by atoms with Gasteiger partial charge < -0.3 is 0 Å². The minimum atomic E-state index is -4.10. The van der Waals surface area contributed by atoms with Crippen molar-refractivity contribution in [3.63, 3.8) is 0 Å². The summed E-state index contributed by atoms with van der Waals surface area (Å²) in [6, 6.07) is 0. The lowest BCUT2D eigenvalue weighted by Gasteiger charge is -2.29. The molecule has 0 N–H and O–H groups in total. The molecule has 0 aromatic carbocycles. The largest absolute Gasteiger partial charge is 0.412 e. The molecule has 0 aliphatic heterocycles. The van der Waals surface area contributed by atoms with Crippen LogP contribution in [0.5, 0.6) is 0 Å². The summed E-state index contributed by atoms with van der Waals surface area (Å²) < 4.78 is 36.4. The normalized spacial score (nSPS) is 23.6. The van der Waals surface area contributed by atoms with E-state index in [4.69, 9.17) is 0 Å². The molecule has 1 rings (SSSR count). The third kappa shape index (κ3) is 2.26. The van der Waals surface area contributed by atoms with E-state index in [-0.39, 0.29) is 17.4 Å². The highest BCUT2D eigenvalue weighted by Crippen LogP contribution is 2.40. The van der Waals surface area contributed by atoms with Gasteiger partial charge in [0.25, 0.3) is 0 Å². The molecule has 0 fully saturated rings. The van der Waals surface area contributed by atoms with E-state index in [1.54, 1.807) is 0 Å².